The number of benzene rings is 1. The molecule has 20 heavy (non-hydrogen) atoms. The van der Waals surface area contributed by atoms with Crippen molar-refractivity contribution in [3.63, 3.8) is 0 Å². The first-order valence-corrected chi connectivity index (χ1v) is 6.36. The molecule has 0 aliphatic carbocycles. The summed E-state index contributed by atoms with van der Waals surface area (Å²) in [5, 5.41) is 3.47. The van der Waals surface area contributed by atoms with Crippen LogP contribution in [0.2, 0.25) is 5.02 Å². The summed E-state index contributed by atoms with van der Waals surface area (Å²) in [4.78, 5) is 11.7. The zero-order chi connectivity index (χ0) is 14.1. The number of hydrogen-bond donors (Lipinski definition) is 1. The van der Waals surface area contributed by atoms with E-state index in [-0.39, 0.29) is 0 Å². The summed E-state index contributed by atoms with van der Waals surface area (Å²) >= 11 is 5.96. The highest BCUT2D eigenvalue weighted by Gasteiger charge is 2.12. The Hall–Kier alpha value is -2.21. The number of halogens is 2. The van der Waals surface area contributed by atoms with Gasteiger partial charge in [0.2, 0.25) is 0 Å². The van der Waals surface area contributed by atoms with Gasteiger partial charge in [-0.25, -0.2) is 4.98 Å². The Bertz CT molecular complexity index is 771. The molecular formula is C13H11ClFN5. The molecule has 1 N–H and O–H groups in total. The molecule has 3 rings (SSSR count). The van der Waals surface area contributed by atoms with Gasteiger partial charge in [0.15, 0.2) is 17.0 Å². The molecule has 1 aromatic carbocycles. The summed E-state index contributed by atoms with van der Waals surface area (Å²) in [7, 11) is 1.66. The molecule has 0 saturated carbocycles. The van der Waals surface area contributed by atoms with Gasteiger partial charge in [-0.05, 0) is 17.7 Å². The van der Waals surface area contributed by atoms with Crippen molar-refractivity contribution >= 4 is 28.6 Å². The van der Waals surface area contributed by atoms with Crippen LogP contribution in [0.15, 0.2) is 30.6 Å². The van der Waals surface area contributed by atoms with E-state index < -0.39 is 6.08 Å². The SMILES string of the molecule is CNc1nc(F)nc2c1ncn2Cc1cccc(Cl)c1. The molecule has 0 bridgehead atoms. The lowest BCUT2D eigenvalue weighted by molar-refractivity contribution is 0.543. The van der Waals surface area contributed by atoms with Gasteiger partial charge in [-0.15, -0.1) is 0 Å². The monoisotopic (exact) mass is 291 g/mol. The number of hydrogen-bond acceptors (Lipinski definition) is 4. The van der Waals surface area contributed by atoms with Gasteiger partial charge in [-0.3, -0.25) is 0 Å². The normalized spacial score (nSPS) is 10.9. The van der Waals surface area contributed by atoms with E-state index in [4.69, 9.17) is 11.6 Å². The van der Waals surface area contributed by atoms with Gasteiger partial charge >= 0.3 is 6.08 Å². The molecule has 2 aromatic heterocycles. The standard InChI is InChI=1S/C13H11ClFN5/c1-16-11-10-12(19-13(15)18-11)20(7-17-10)6-8-3-2-4-9(14)5-8/h2-5,7H,6H2,1H3,(H,16,18,19). The molecule has 0 aliphatic heterocycles. The van der Waals surface area contributed by atoms with Gasteiger partial charge in [-0.2, -0.15) is 14.4 Å². The summed E-state index contributed by atoms with van der Waals surface area (Å²) < 4.78 is 15.2. The topological polar surface area (TPSA) is 55.6 Å². The maximum atomic E-state index is 13.4. The molecule has 0 amide bonds. The molecule has 7 heteroatoms. The van der Waals surface area contributed by atoms with Gasteiger partial charge in [0, 0.05) is 12.1 Å². The Balaban J connectivity index is 2.06. The van der Waals surface area contributed by atoms with Crippen LogP contribution in [-0.4, -0.2) is 26.6 Å². The van der Waals surface area contributed by atoms with Crippen LogP contribution in [0, 0.1) is 6.08 Å². The fraction of sp³-hybridized carbons (Fsp3) is 0.154. The smallest absolute Gasteiger partial charge is 0.312 e. The Kier molecular flexibility index (Phi) is 3.23. The third kappa shape index (κ3) is 2.30. The average Bonchev–Trinajstić information content (AvgIpc) is 2.81. The van der Waals surface area contributed by atoms with Gasteiger partial charge in [0.1, 0.15) is 0 Å². The summed E-state index contributed by atoms with van der Waals surface area (Å²) in [5.41, 5.74) is 1.97. The summed E-state index contributed by atoms with van der Waals surface area (Å²) in [6.07, 6.45) is 0.829. The van der Waals surface area contributed by atoms with E-state index in [1.54, 1.807) is 24.0 Å². The van der Waals surface area contributed by atoms with Crippen LogP contribution in [0.5, 0.6) is 0 Å². The molecule has 0 atom stereocenters. The minimum atomic E-state index is -0.783. The molecule has 5 nitrogen and oxygen atoms in total. The second kappa shape index (κ2) is 5.05. The molecule has 0 spiro atoms. The lowest BCUT2D eigenvalue weighted by atomic mass is 10.2. The van der Waals surface area contributed by atoms with E-state index in [1.807, 2.05) is 18.2 Å². The van der Waals surface area contributed by atoms with Crippen molar-refractivity contribution in [2.45, 2.75) is 6.54 Å². The zero-order valence-electron chi connectivity index (χ0n) is 10.6. The lowest BCUT2D eigenvalue weighted by Crippen LogP contribution is -2.03. The second-order valence-electron chi connectivity index (χ2n) is 4.27. The van der Waals surface area contributed by atoms with E-state index in [0.29, 0.717) is 28.5 Å². The third-order valence-corrected chi connectivity index (χ3v) is 3.15. The minimum absolute atomic E-state index is 0.373. The molecule has 0 radical (unpaired) electrons. The van der Waals surface area contributed by atoms with Crippen LogP contribution >= 0.6 is 11.6 Å². The Morgan fingerprint density at radius 2 is 2.20 bits per heavy atom. The second-order valence-corrected chi connectivity index (χ2v) is 4.70. The van der Waals surface area contributed by atoms with Gasteiger partial charge in [0.25, 0.3) is 0 Å². The highest BCUT2D eigenvalue weighted by molar-refractivity contribution is 6.30. The first-order valence-electron chi connectivity index (χ1n) is 5.98. The highest BCUT2D eigenvalue weighted by atomic mass is 35.5. The van der Waals surface area contributed by atoms with Gasteiger partial charge < -0.3 is 9.88 Å². The van der Waals surface area contributed by atoms with Crippen LogP contribution in [0.3, 0.4) is 0 Å². The number of anilines is 1. The predicted octanol–water partition coefficient (Wildman–Crippen LogP) is 2.71. The Morgan fingerprint density at radius 3 is 2.95 bits per heavy atom. The summed E-state index contributed by atoms with van der Waals surface area (Å²) in [6, 6.07) is 7.46. The number of rotatable bonds is 3. The van der Waals surface area contributed by atoms with Crippen molar-refractivity contribution < 1.29 is 4.39 Å². The quantitative estimate of drug-likeness (QED) is 0.754. The van der Waals surface area contributed by atoms with Crippen LogP contribution in [0.25, 0.3) is 11.2 Å². The number of aromatic nitrogens is 4. The number of nitrogens with zero attached hydrogens (tertiary/aromatic N) is 4. The molecule has 3 aromatic rings. The summed E-state index contributed by atoms with van der Waals surface area (Å²) in [5.74, 6) is 0.373. The van der Waals surface area contributed by atoms with Crippen LogP contribution in [-0.2, 0) is 6.54 Å². The molecule has 0 fully saturated rings. The Morgan fingerprint density at radius 1 is 1.35 bits per heavy atom. The average molecular weight is 292 g/mol. The number of fused-ring (bicyclic) bond motifs is 1. The minimum Gasteiger partial charge on any atom is -0.371 e. The lowest BCUT2D eigenvalue weighted by Gasteiger charge is -2.05. The fourth-order valence-corrected chi connectivity index (χ4v) is 2.25. The van der Waals surface area contributed by atoms with E-state index in [9.17, 15) is 4.39 Å². The van der Waals surface area contributed by atoms with E-state index in [1.165, 1.54) is 0 Å². The molecule has 0 aliphatic rings. The molecule has 2 heterocycles. The molecule has 102 valence electrons. The van der Waals surface area contributed by atoms with Crippen molar-refractivity contribution in [3.05, 3.63) is 47.3 Å². The first kappa shape index (κ1) is 12.8. The largest absolute Gasteiger partial charge is 0.371 e. The van der Waals surface area contributed by atoms with Gasteiger partial charge in [-0.1, -0.05) is 23.7 Å². The van der Waals surface area contributed by atoms with Crippen molar-refractivity contribution in [2.24, 2.45) is 0 Å². The molecule has 0 saturated heterocycles. The van der Waals surface area contributed by atoms with Crippen molar-refractivity contribution in [1.82, 2.24) is 19.5 Å². The van der Waals surface area contributed by atoms with E-state index >= 15 is 0 Å². The maximum absolute atomic E-state index is 13.4. The number of imidazole rings is 1. The van der Waals surface area contributed by atoms with E-state index in [0.717, 1.165) is 5.56 Å². The highest BCUT2D eigenvalue weighted by Crippen LogP contribution is 2.19. The van der Waals surface area contributed by atoms with Crippen molar-refractivity contribution in [1.29, 1.82) is 0 Å². The van der Waals surface area contributed by atoms with Crippen LogP contribution in [0.4, 0.5) is 10.2 Å². The zero-order valence-corrected chi connectivity index (χ0v) is 11.4. The molecule has 0 unspecified atom stereocenters. The van der Waals surface area contributed by atoms with E-state index in [2.05, 4.69) is 20.3 Å². The fourth-order valence-electron chi connectivity index (χ4n) is 2.04. The van der Waals surface area contributed by atoms with Crippen molar-refractivity contribution in [2.75, 3.05) is 12.4 Å². The summed E-state index contributed by atoms with van der Waals surface area (Å²) in [6.45, 7) is 0.511. The number of nitrogens with one attached hydrogen (secondary N) is 1. The van der Waals surface area contributed by atoms with Crippen LogP contribution < -0.4 is 5.32 Å². The Labute approximate surface area is 119 Å². The van der Waals surface area contributed by atoms with Crippen LogP contribution in [0.1, 0.15) is 5.56 Å². The maximum Gasteiger partial charge on any atom is 0.312 e. The van der Waals surface area contributed by atoms with Crippen molar-refractivity contribution in [3.8, 4) is 0 Å². The predicted molar refractivity (Wildman–Crippen MR) is 75.4 cm³/mol. The molecular weight excluding hydrogens is 281 g/mol. The van der Waals surface area contributed by atoms with Gasteiger partial charge in [0.05, 0.1) is 12.9 Å². The third-order valence-electron chi connectivity index (χ3n) is 2.92. The first-order chi connectivity index (χ1) is 9.67.